The molecule has 1 atom stereocenters. The molecule has 1 heterocycles. The van der Waals surface area contributed by atoms with Gasteiger partial charge in [-0.1, -0.05) is 6.58 Å². The van der Waals surface area contributed by atoms with Crippen LogP contribution in [0.4, 0.5) is 4.79 Å². The molecule has 0 radical (unpaired) electrons. The lowest BCUT2D eigenvalue weighted by Crippen LogP contribution is -2.36. The summed E-state index contributed by atoms with van der Waals surface area (Å²) < 4.78 is 4.80. The van der Waals surface area contributed by atoms with Crippen LogP contribution in [0.3, 0.4) is 0 Å². The minimum atomic E-state index is -0.470. The highest BCUT2D eigenvalue weighted by Gasteiger charge is 2.29. The summed E-state index contributed by atoms with van der Waals surface area (Å²) in [6.45, 7) is 5.65. The van der Waals surface area contributed by atoms with E-state index in [2.05, 4.69) is 6.58 Å². The predicted octanol–water partition coefficient (Wildman–Crippen LogP) is 1.32. The van der Waals surface area contributed by atoms with Crippen LogP contribution >= 0.6 is 0 Å². The zero-order valence-electron chi connectivity index (χ0n) is 7.66. The molecule has 13 heavy (non-hydrogen) atoms. The van der Waals surface area contributed by atoms with E-state index in [0.29, 0.717) is 12.3 Å². The topological polar surface area (TPSA) is 46.6 Å². The summed E-state index contributed by atoms with van der Waals surface area (Å²) in [7, 11) is 0. The van der Waals surface area contributed by atoms with Gasteiger partial charge in [-0.05, 0) is 19.8 Å². The van der Waals surface area contributed by atoms with Gasteiger partial charge in [0.15, 0.2) is 0 Å². The predicted molar refractivity (Wildman–Crippen MR) is 47.1 cm³/mol. The Kier molecular flexibility index (Phi) is 3.06. The molecule has 0 aromatic heterocycles. The maximum Gasteiger partial charge on any atom is 0.415 e. The molecule has 4 nitrogen and oxygen atoms in total. The summed E-state index contributed by atoms with van der Waals surface area (Å²) in [6, 6.07) is -0.313. The number of nitrogens with zero attached hydrogens (tertiary/aromatic N) is 1. The van der Waals surface area contributed by atoms with Gasteiger partial charge in [-0.25, -0.2) is 4.79 Å². The number of amides is 1. The smallest absolute Gasteiger partial charge is 0.415 e. The lowest BCUT2D eigenvalue weighted by molar-refractivity contribution is -0.111. The molecule has 1 aliphatic heterocycles. The molecule has 0 N–H and O–H groups in total. The molecule has 1 amide bonds. The van der Waals surface area contributed by atoms with Crippen LogP contribution < -0.4 is 0 Å². The Morgan fingerprint density at radius 3 is 2.92 bits per heavy atom. The van der Waals surface area contributed by atoms with E-state index >= 15 is 0 Å². The highest BCUT2D eigenvalue weighted by Crippen LogP contribution is 2.16. The van der Waals surface area contributed by atoms with E-state index in [0.717, 1.165) is 19.1 Å². The number of rotatable bonds is 2. The molecular weight excluding hydrogens is 170 g/mol. The Bertz CT molecular complexity index is 237. The third-order valence-corrected chi connectivity index (χ3v) is 1.95. The van der Waals surface area contributed by atoms with Crippen molar-refractivity contribution in [2.75, 3.05) is 6.54 Å². The zero-order chi connectivity index (χ0) is 9.84. The third kappa shape index (κ3) is 2.31. The van der Waals surface area contributed by atoms with Crippen molar-refractivity contribution in [1.82, 2.24) is 4.90 Å². The monoisotopic (exact) mass is 183 g/mol. The number of allylic oxidation sites excluding steroid dienone is 1. The van der Waals surface area contributed by atoms with Crippen LogP contribution in [0.2, 0.25) is 0 Å². The second kappa shape index (κ2) is 4.07. The molecule has 0 aromatic carbocycles. The first-order chi connectivity index (χ1) is 6.15. The molecule has 0 spiro atoms. The van der Waals surface area contributed by atoms with E-state index < -0.39 is 6.09 Å². The SMILES string of the molecule is C=C(C)OC(=O)N1CCC[C@@H]1C=O. The first-order valence-corrected chi connectivity index (χ1v) is 4.24. The quantitative estimate of drug-likeness (QED) is 0.479. The van der Waals surface area contributed by atoms with Crippen LogP contribution in [0.1, 0.15) is 19.8 Å². The van der Waals surface area contributed by atoms with Gasteiger partial charge in [0, 0.05) is 6.54 Å². The number of aldehydes is 1. The molecule has 0 bridgehead atoms. The van der Waals surface area contributed by atoms with Gasteiger partial charge < -0.3 is 9.53 Å². The van der Waals surface area contributed by atoms with E-state index in [1.54, 1.807) is 6.92 Å². The number of carbonyl (C=O) groups excluding carboxylic acids is 2. The maximum atomic E-state index is 11.3. The van der Waals surface area contributed by atoms with Gasteiger partial charge in [-0.15, -0.1) is 0 Å². The molecule has 1 aliphatic rings. The summed E-state index contributed by atoms with van der Waals surface area (Å²) in [4.78, 5) is 23.3. The summed E-state index contributed by atoms with van der Waals surface area (Å²) in [5, 5.41) is 0. The third-order valence-electron chi connectivity index (χ3n) is 1.95. The summed E-state index contributed by atoms with van der Waals surface area (Å²) in [5.74, 6) is 0.349. The Labute approximate surface area is 77.2 Å². The lowest BCUT2D eigenvalue weighted by atomic mass is 10.2. The van der Waals surface area contributed by atoms with Crippen molar-refractivity contribution in [3.8, 4) is 0 Å². The molecular formula is C9H13NO3. The molecule has 1 rings (SSSR count). The van der Waals surface area contributed by atoms with Gasteiger partial charge >= 0.3 is 6.09 Å². The van der Waals surface area contributed by atoms with E-state index in [4.69, 9.17) is 4.74 Å². The van der Waals surface area contributed by atoms with Crippen LogP contribution in [0.25, 0.3) is 0 Å². The molecule has 0 aromatic rings. The Morgan fingerprint density at radius 1 is 1.69 bits per heavy atom. The molecule has 72 valence electrons. The first-order valence-electron chi connectivity index (χ1n) is 4.24. The van der Waals surface area contributed by atoms with Gasteiger partial charge in [0.25, 0.3) is 0 Å². The van der Waals surface area contributed by atoms with Crippen molar-refractivity contribution in [3.05, 3.63) is 12.3 Å². The fraction of sp³-hybridized carbons (Fsp3) is 0.556. The second-order valence-electron chi connectivity index (χ2n) is 3.11. The van der Waals surface area contributed by atoms with Gasteiger partial charge in [-0.3, -0.25) is 4.90 Å². The van der Waals surface area contributed by atoms with Gasteiger partial charge in [0.1, 0.15) is 6.29 Å². The fourth-order valence-electron chi connectivity index (χ4n) is 1.37. The number of likely N-dealkylation sites (tertiary alicyclic amines) is 1. The number of carbonyl (C=O) groups is 2. The molecule has 4 heteroatoms. The molecule has 0 unspecified atom stereocenters. The first kappa shape index (κ1) is 9.77. The Balaban J connectivity index is 2.54. The molecule has 0 saturated carbocycles. The molecule has 1 saturated heterocycles. The lowest BCUT2D eigenvalue weighted by Gasteiger charge is -2.19. The van der Waals surface area contributed by atoms with Crippen molar-refractivity contribution < 1.29 is 14.3 Å². The minimum Gasteiger partial charge on any atom is -0.416 e. The van der Waals surface area contributed by atoms with Crippen LogP contribution in [-0.4, -0.2) is 29.9 Å². The van der Waals surface area contributed by atoms with Crippen LogP contribution in [0, 0.1) is 0 Å². The van der Waals surface area contributed by atoms with Crippen molar-refractivity contribution in [2.45, 2.75) is 25.8 Å². The van der Waals surface area contributed by atoms with Crippen molar-refractivity contribution in [3.63, 3.8) is 0 Å². The largest absolute Gasteiger partial charge is 0.416 e. The number of hydrogen-bond acceptors (Lipinski definition) is 3. The summed E-state index contributed by atoms with van der Waals surface area (Å²) in [6.07, 6.45) is 1.90. The highest BCUT2D eigenvalue weighted by atomic mass is 16.6. The van der Waals surface area contributed by atoms with E-state index in [1.165, 1.54) is 4.90 Å². The van der Waals surface area contributed by atoms with E-state index in [9.17, 15) is 9.59 Å². The zero-order valence-corrected chi connectivity index (χ0v) is 7.66. The number of ether oxygens (including phenoxy) is 1. The Morgan fingerprint density at radius 2 is 2.38 bits per heavy atom. The van der Waals surface area contributed by atoms with Crippen molar-refractivity contribution >= 4 is 12.4 Å². The normalized spacial score (nSPS) is 21.3. The molecule has 0 aliphatic carbocycles. The van der Waals surface area contributed by atoms with Crippen LogP contribution in [-0.2, 0) is 9.53 Å². The summed E-state index contributed by atoms with van der Waals surface area (Å²) >= 11 is 0. The van der Waals surface area contributed by atoms with Gasteiger partial charge in [-0.2, -0.15) is 0 Å². The number of hydrogen-bond donors (Lipinski definition) is 0. The molecule has 1 fully saturated rings. The van der Waals surface area contributed by atoms with Crippen molar-refractivity contribution in [2.24, 2.45) is 0 Å². The fourth-order valence-corrected chi connectivity index (χ4v) is 1.37. The average Bonchev–Trinajstić information content (AvgIpc) is 2.49. The maximum absolute atomic E-state index is 11.3. The van der Waals surface area contributed by atoms with E-state index in [1.807, 2.05) is 0 Å². The second-order valence-corrected chi connectivity index (χ2v) is 3.11. The van der Waals surface area contributed by atoms with Crippen LogP contribution in [0.5, 0.6) is 0 Å². The van der Waals surface area contributed by atoms with Gasteiger partial charge in [0.05, 0.1) is 11.8 Å². The average molecular weight is 183 g/mol. The Hall–Kier alpha value is -1.32. The highest BCUT2D eigenvalue weighted by molar-refractivity contribution is 5.74. The van der Waals surface area contributed by atoms with Crippen molar-refractivity contribution in [1.29, 1.82) is 0 Å². The van der Waals surface area contributed by atoms with E-state index in [-0.39, 0.29) is 6.04 Å². The van der Waals surface area contributed by atoms with Crippen LogP contribution in [0.15, 0.2) is 12.3 Å². The standard InChI is InChI=1S/C9H13NO3/c1-7(2)13-9(12)10-5-3-4-8(10)6-11/h6,8H,1,3-5H2,2H3/t8-/m1/s1. The summed E-state index contributed by atoms with van der Waals surface area (Å²) in [5.41, 5.74) is 0. The van der Waals surface area contributed by atoms with Gasteiger partial charge in [0.2, 0.25) is 0 Å². The minimum absolute atomic E-state index is 0.313.